The van der Waals surface area contributed by atoms with Gasteiger partial charge in [-0.2, -0.15) is 0 Å². The molecule has 5 nitrogen and oxygen atoms in total. The van der Waals surface area contributed by atoms with Crippen molar-refractivity contribution in [2.45, 2.75) is 45.6 Å². The summed E-state index contributed by atoms with van der Waals surface area (Å²) >= 11 is 0. The second-order valence-electron chi connectivity index (χ2n) is 5.75. The molecule has 2 amide bonds. The number of carboxylic acid groups (broad SMARTS) is 1. The van der Waals surface area contributed by atoms with Gasteiger partial charge in [-0.05, 0) is 44.4 Å². The molecule has 0 heterocycles. The Bertz CT molecular complexity index is 495. The number of aryl methyl sites for hydroxylation is 1. The predicted octanol–water partition coefficient (Wildman–Crippen LogP) is 3.36. The molecule has 0 radical (unpaired) electrons. The van der Waals surface area contributed by atoms with Crippen molar-refractivity contribution in [2.75, 3.05) is 12.4 Å². The molecule has 0 unspecified atom stereocenters. The Balaban J connectivity index is 2.63. The quantitative estimate of drug-likeness (QED) is 0.844. The number of benzene rings is 1. The summed E-state index contributed by atoms with van der Waals surface area (Å²) in [5.74, 6) is -0.809. The molecule has 0 aliphatic heterocycles. The van der Waals surface area contributed by atoms with E-state index in [0.717, 1.165) is 12.0 Å². The SMILES string of the molecule is CCC(C)(C)N(C)C(=O)Nc1ccc(CCC(=O)O)cc1. The van der Waals surface area contributed by atoms with Crippen LogP contribution in [0.5, 0.6) is 0 Å². The number of carbonyl (C=O) groups is 2. The number of aliphatic carboxylic acids is 1. The summed E-state index contributed by atoms with van der Waals surface area (Å²) in [4.78, 5) is 24.4. The highest BCUT2D eigenvalue weighted by Crippen LogP contribution is 2.18. The van der Waals surface area contributed by atoms with Gasteiger partial charge in [-0.1, -0.05) is 19.1 Å². The molecular weight excluding hydrogens is 268 g/mol. The molecule has 21 heavy (non-hydrogen) atoms. The second-order valence-corrected chi connectivity index (χ2v) is 5.75. The van der Waals surface area contributed by atoms with Crippen molar-refractivity contribution in [1.29, 1.82) is 0 Å². The van der Waals surface area contributed by atoms with Crippen LogP contribution in [0.15, 0.2) is 24.3 Å². The first-order chi connectivity index (χ1) is 9.76. The first kappa shape index (κ1) is 17.0. The van der Waals surface area contributed by atoms with Crippen LogP contribution in [-0.2, 0) is 11.2 Å². The van der Waals surface area contributed by atoms with Gasteiger partial charge in [0.25, 0.3) is 0 Å². The molecule has 1 rings (SSSR count). The highest BCUT2D eigenvalue weighted by atomic mass is 16.4. The monoisotopic (exact) mass is 292 g/mol. The van der Waals surface area contributed by atoms with Gasteiger partial charge in [0.2, 0.25) is 0 Å². The number of rotatable bonds is 6. The van der Waals surface area contributed by atoms with E-state index in [1.54, 1.807) is 24.1 Å². The third-order valence-electron chi connectivity index (χ3n) is 3.91. The van der Waals surface area contributed by atoms with Crippen LogP contribution < -0.4 is 5.32 Å². The van der Waals surface area contributed by atoms with Crippen molar-refractivity contribution >= 4 is 17.7 Å². The first-order valence-electron chi connectivity index (χ1n) is 7.12. The zero-order valence-electron chi connectivity index (χ0n) is 13.1. The lowest BCUT2D eigenvalue weighted by Gasteiger charge is -2.34. The van der Waals surface area contributed by atoms with E-state index >= 15 is 0 Å². The zero-order valence-corrected chi connectivity index (χ0v) is 13.1. The maximum absolute atomic E-state index is 12.2. The summed E-state index contributed by atoms with van der Waals surface area (Å²) in [5.41, 5.74) is 1.45. The van der Waals surface area contributed by atoms with Gasteiger partial charge in [0.15, 0.2) is 0 Å². The van der Waals surface area contributed by atoms with E-state index in [1.165, 1.54) is 0 Å². The largest absolute Gasteiger partial charge is 0.481 e. The summed E-state index contributed by atoms with van der Waals surface area (Å²) < 4.78 is 0. The molecule has 0 bridgehead atoms. The smallest absolute Gasteiger partial charge is 0.322 e. The molecule has 0 fully saturated rings. The van der Waals surface area contributed by atoms with Crippen molar-refractivity contribution in [2.24, 2.45) is 0 Å². The summed E-state index contributed by atoms with van der Waals surface area (Å²) in [6, 6.07) is 7.11. The van der Waals surface area contributed by atoms with Crippen LogP contribution in [-0.4, -0.2) is 34.6 Å². The molecule has 0 aromatic heterocycles. The number of urea groups is 1. The van der Waals surface area contributed by atoms with Crippen molar-refractivity contribution in [1.82, 2.24) is 4.90 Å². The average Bonchev–Trinajstić information content (AvgIpc) is 2.45. The van der Waals surface area contributed by atoms with Crippen LogP contribution in [0.2, 0.25) is 0 Å². The Morgan fingerprint density at radius 2 is 1.81 bits per heavy atom. The van der Waals surface area contributed by atoms with Gasteiger partial charge in [-0.15, -0.1) is 0 Å². The number of carbonyl (C=O) groups excluding carboxylic acids is 1. The minimum Gasteiger partial charge on any atom is -0.481 e. The predicted molar refractivity (Wildman–Crippen MR) is 83.6 cm³/mol. The molecule has 2 N–H and O–H groups in total. The fourth-order valence-corrected chi connectivity index (χ4v) is 1.73. The van der Waals surface area contributed by atoms with Crippen LogP contribution in [0.25, 0.3) is 0 Å². The zero-order chi connectivity index (χ0) is 16.0. The average molecular weight is 292 g/mol. The van der Waals surface area contributed by atoms with Gasteiger partial charge in [0.1, 0.15) is 0 Å². The number of hydrogen-bond acceptors (Lipinski definition) is 2. The lowest BCUT2D eigenvalue weighted by Crippen LogP contribution is -2.46. The Labute approximate surface area is 126 Å². The van der Waals surface area contributed by atoms with E-state index in [2.05, 4.69) is 5.32 Å². The lowest BCUT2D eigenvalue weighted by atomic mass is 10.0. The molecule has 0 saturated heterocycles. The molecule has 5 heteroatoms. The number of carboxylic acids is 1. The summed E-state index contributed by atoms with van der Waals surface area (Å²) in [5, 5.41) is 11.5. The number of nitrogens with one attached hydrogen (secondary N) is 1. The van der Waals surface area contributed by atoms with E-state index < -0.39 is 5.97 Å². The molecule has 0 spiro atoms. The molecule has 0 aliphatic carbocycles. The van der Waals surface area contributed by atoms with E-state index in [-0.39, 0.29) is 18.0 Å². The maximum atomic E-state index is 12.2. The molecule has 0 saturated carbocycles. The Morgan fingerprint density at radius 3 is 2.29 bits per heavy atom. The summed E-state index contributed by atoms with van der Waals surface area (Å²) in [6.45, 7) is 6.07. The van der Waals surface area contributed by atoms with E-state index in [4.69, 9.17) is 5.11 Å². The number of nitrogens with zero attached hydrogens (tertiary/aromatic N) is 1. The van der Waals surface area contributed by atoms with Crippen molar-refractivity contribution in [3.63, 3.8) is 0 Å². The molecule has 1 aromatic rings. The van der Waals surface area contributed by atoms with E-state index in [0.29, 0.717) is 12.1 Å². The van der Waals surface area contributed by atoms with Crippen LogP contribution >= 0.6 is 0 Å². The molecule has 1 aromatic carbocycles. The highest BCUT2D eigenvalue weighted by Gasteiger charge is 2.25. The molecule has 116 valence electrons. The highest BCUT2D eigenvalue weighted by molar-refractivity contribution is 5.89. The molecule has 0 aliphatic rings. The summed E-state index contributed by atoms with van der Waals surface area (Å²) in [7, 11) is 1.78. The number of amides is 2. The van der Waals surface area contributed by atoms with Crippen molar-refractivity contribution in [3.8, 4) is 0 Å². The second kappa shape index (κ2) is 7.11. The van der Waals surface area contributed by atoms with Gasteiger partial charge in [0, 0.05) is 24.7 Å². The van der Waals surface area contributed by atoms with Crippen LogP contribution in [0.1, 0.15) is 39.2 Å². The first-order valence-corrected chi connectivity index (χ1v) is 7.12. The van der Waals surface area contributed by atoms with Gasteiger partial charge in [0.05, 0.1) is 0 Å². The van der Waals surface area contributed by atoms with E-state index in [9.17, 15) is 9.59 Å². The fourth-order valence-electron chi connectivity index (χ4n) is 1.73. The fraction of sp³-hybridized carbons (Fsp3) is 0.500. The van der Waals surface area contributed by atoms with Gasteiger partial charge in [-0.25, -0.2) is 4.79 Å². The van der Waals surface area contributed by atoms with Gasteiger partial charge in [-0.3, -0.25) is 4.79 Å². The van der Waals surface area contributed by atoms with Crippen molar-refractivity contribution < 1.29 is 14.7 Å². The standard InChI is InChI=1S/C16H24N2O3/c1-5-16(2,3)18(4)15(21)17-13-9-6-12(7-10-13)8-11-14(19)20/h6-7,9-10H,5,8,11H2,1-4H3,(H,17,21)(H,19,20). The third-order valence-corrected chi connectivity index (χ3v) is 3.91. The third kappa shape index (κ3) is 5.10. The maximum Gasteiger partial charge on any atom is 0.322 e. The Hall–Kier alpha value is -2.04. The van der Waals surface area contributed by atoms with Crippen LogP contribution in [0, 0.1) is 0 Å². The number of hydrogen-bond donors (Lipinski definition) is 2. The topological polar surface area (TPSA) is 69.6 Å². The van der Waals surface area contributed by atoms with Gasteiger partial charge >= 0.3 is 12.0 Å². The molecule has 0 atom stereocenters. The van der Waals surface area contributed by atoms with E-state index in [1.807, 2.05) is 32.9 Å². The van der Waals surface area contributed by atoms with Gasteiger partial charge < -0.3 is 15.3 Å². The molecular formula is C16H24N2O3. The van der Waals surface area contributed by atoms with Crippen LogP contribution in [0.4, 0.5) is 10.5 Å². The Morgan fingerprint density at radius 1 is 1.24 bits per heavy atom. The minimum absolute atomic E-state index is 0.110. The Kier molecular flexibility index (Phi) is 5.76. The summed E-state index contributed by atoms with van der Waals surface area (Å²) in [6.07, 6.45) is 1.47. The minimum atomic E-state index is -0.809. The normalized spacial score (nSPS) is 11.0. The van der Waals surface area contributed by atoms with Crippen molar-refractivity contribution in [3.05, 3.63) is 29.8 Å². The van der Waals surface area contributed by atoms with Crippen LogP contribution in [0.3, 0.4) is 0 Å². The number of anilines is 1. The lowest BCUT2D eigenvalue weighted by molar-refractivity contribution is -0.136.